The molecule has 0 aliphatic carbocycles. The SMILES string of the molecule is CCC(C)c1ccc2c(c1)c1ccccc1n2-c1cc(C)c(-c2c(C)cc(-n3c4ccccc4c4ccccc43)cc2C)c(C)c1. The molecule has 0 saturated heterocycles. The van der Waals surface area contributed by atoms with Crippen LogP contribution in [0.3, 0.4) is 0 Å². The fraction of sp³-hybridized carbons (Fsp3) is 0.182. The van der Waals surface area contributed by atoms with E-state index in [1.54, 1.807) is 0 Å². The van der Waals surface area contributed by atoms with Crippen molar-refractivity contribution in [2.45, 2.75) is 53.9 Å². The van der Waals surface area contributed by atoms with Crippen molar-refractivity contribution in [2.75, 3.05) is 0 Å². The van der Waals surface area contributed by atoms with Crippen molar-refractivity contribution in [3.63, 3.8) is 0 Å². The molecule has 226 valence electrons. The van der Waals surface area contributed by atoms with Crippen LogP contribution in [-0.2, 0) is 0 Å². The molecule has 1 atom stereocenters. The summed E-state index contributed by atoms with van der Waals surface area (Å²) in [6, 6.07) is 42.9. The topological polar surface area (TPSA) is 9.86 Å². The third-order valence-corrected chi connectivity index (χ3v) is 10.3. The molecule has 2 nitrogen and oxygen atoms in total. The lowest BCUT2D eigenvalue weighted by Crippen LogP contribution is -2.02. The van der Waals surface area contributed by atoms with Crippen LogP contribution in [0.5, 0.6) is 0 Å². The highest BCUT2D eigenvalue weighted by Gasteiger charge is 2.19. The van der Waals surface area contributed by atoms with Gasteiger partial charge in [-0.25, -0.2) is 0 Å². The van der Waals surface area contributed by atoms with Gasteiger partial charge in [0.15, 0.2) is 0 Å². The van der Waals surface area contributed by atoms with Crippen molar-refractivity contribution in [3.8, 4) is 22.5 Å². The summed E-state index contributed by atoms with van der Waals surface area (Å²) in [5.41, 5.74) is 16.7. The van der Waals surface area contributed by atoms with E-state index < -0.39 is 0 Å². The molecule has 0 fully saturated rings. The lowest BCUT2D eigenvalue weighted by atomic mass is 9.88. The predicted octanol–water partition coefficient (Wildman–Crippen LogP) is 12.3. The number of benzene rings is 6. The van der Waals surface area contributed by atoms with Gasteiger partial charge in [0.05, 0.1) is 22.1 Å². The summed E-state index contributed by atoms with van der Waals surface area (Å²) in [4.78, 5) is 0. The van der Waals surface area contributed by atoms with Crippen LogP contribution < -0.4 is 0 Å². The Hall–Kier alpha value is -5.08. The molecule has 0 amide bonds. The van der Waals surface area contributed by atoms with E-state index in [-0.39, 0.29) is 0 Å². The highest BCUT2D eigenvalue weighted by atomic mass is 15.0. The van der Waals surface area contributed by atoms with Gasteiger partial charge in [-0.3, -0.25) is 0 Å². The maximum atomic E-state index is 2.46. The van der Waals surface area contributed by atoms with E-state index in [0.29, 0.717) is 5.92 Å². The molecule has 6 aromatic carbocycles. The Balaban J connectivity index is 1.28. The summed E-state index contributed by atoms with van der Waals surface area (Å²) in [6.07, 6.45) is 1.14. The number of hydrogen-bond acceptors (Lipinski definition) is 0. The number of nitrogens with zero attached hydrogens (tertiary/aromatic N) is 2. The standard InChI is InChI=1S/C44H40N2/c1-7-27(2)32-20-21-42-38(26-32)37-16-10-13-19-41(37)46(42)34-24-30(5)44(31(6)25-34)43-28(3)22-33(23-29(43)4)45-39-17-11-8-14-35(39)36-15-9-12-18-40(36)45/h8-27H,7H2,1-6H3. The van der Waals surface area contributed by atoms with Crippen molar-refractivity contribution >= 4 is 43.6 Å². The first-order chi connectivity index (χ1) is 22.4. The van der Waals surface area contributed by atoms with Gasteiger partial charge in [0.25, 0.3) is 0 Å². The van der Waals surface area contributed by atoms with Gasteiger partial charge in [-0.2, -0.15) is 0 Å². The monoisotopic (exact) mass is 596 g/mol. The van der Waals surface area contributed by atoms with E-state index in [0.717, 1.165) is 6.42 Å². The maximum Gasteiger partial charge on any atom is 0.0541 e. The first-order valence-corrected chi connectivity index (χ1v) is 16.6. The molecule has 0 spiro atoms. The molecule has 1 unspecified atom stereocenters. The smallest absolute Gasteiger partial charge is 0.0541 e. The highest BCUT2D eigenvalue weighted by Crippen LogP contribution is 2.40. The Morgan fingerprint density at radius 1 is 0.457 bits per heavy atom. The number of fused-ring (bicyclic) bond motifs is 6. The summed E-state index contributed by atoms with van der Waals surface area (Å²) in [6.45, 7) is 13.7. The molecule has 0 bridgehead atoms. The van der Waals surface area contributed by atoms with Crippen LogP contribution in [0, 0.1) is 27.7 Å². The summed E-state index contributed by atoms with van der Waals surface area (Å²) >= 11 is 0. The second-order valence-corrected chi connectivity index (χ2v) is 13.2. The van der Waals surface area contributed by atoms with E-state index in [1.807, 2.05) is 0 Å². The number of hydrogen-bond donors (Lipinski definition) is 0. The van der Waals surface area contributed by atoms with Gasteiger partial charge in [0, 0.05) is 32.9 Å². The maximum absolute atomic E-state index is 2.46. The van der Waals surface area contributed by atoms with Gasteiger partial charge >= 0.3 is 0 Å². The summed E-state index contributed by atoms with van der Waals surface area (Å²) in [5.74, 6) is 0.545. The molecule has 0 saturated carbocycles. The lowest BCUT2D eigenvalue weighted by Gasteiger charge is -2.20. The van der Waals surface area contributed by atoms with Gasteiger partial charge < -0.3 is 9.13 Å². The van der Waals surface area contributed by atoms with Crippen molar-refractivity contribution in [1.82, 2.24) is 9.13 Å². The third kappa shape index (κ3) is 4.24. The minimum absolute atomic E-state index is 0.545. The third-order valence-electron chi connectivity index (χ3n) is 10.3. The Morgan fingerprint density at radius 3 is 1.24 bits per heavy atom. The van der Waals surface area contributed by atoms with E-state index in [1.165, 1.54) is 93.9 Å². The average molecular weight is 597 g/mol. The molecule has 0 aliphatic heterocycles. The molecule has 46 heavy (non-hydrogen) atoms. The average Bonchev–Trinajstić information content (AvgIpc) is 3.58. The Labute approximate surface area is 271 Å². The van der Waals surface area contributed by atoms with Gasteiger partial charge in [-0.15, -0.1) is 0 Å². The number of aryl methyl sites for hydroxylation is 4. The molecular formula is C44H40N2. The van der Waals surface area contributed by atoms with E-state index >= 15 is 0 Å². The fourth-order valence-electron chi connectivity index (χ4n) is 7.94. The quantitative estimate of drug-likeness (QED) is 0.187. The Morgan fingerprint density at radius 2 is 0.826 bits per heavy atom. The Kier molecular flexibility index (Phi) is 6.65. The Bertz CT molecular complexity index is 2370. The largest absolute Gasteiger partial charge is 0.309 e. The van der Waals surface area contributed by atoms with Gasteiger partial charge in [0.1, 0.15) is 0 Å². The van der Waals surface area contributed by atoms with Crippen LogP contribution in [0.1, 0.15) is 54.0 Å². The minimum Gasteiger partial charge on any atom is -0.309 e. The van der Waals surface area contributed by atoms with E-state index in [4.69, 9.17) is 0 Å². The summed E-state index contributed by atoms with van der Waals surface area (Å²) in [7, 11) is 0. The highest BCUT2D eigenvalue weighted by molar-refractivity contribution is 6.10. The van der Waals surface area contributed by atoms with Crippen LogP contribution in [0.25, 0.3) is 66.1 Å². The number of aromatic nitrogens is 2. The zero-order valence-electron chi connectivity index (χ0n) is 27.6. The molecule has 2 heteroatoms. The van der Waals surface area contributed by atoms with E-state index in [9.17, 15) is 0 Å². The second-order valence-electron chi connectivity index (χ2n) is 13.2. The number of rotatable bonds is 5. The predicted molar refractivity (Wildman–Crippen MR) is 198 cm³/mol. The fourth-order valence-corrected chi connectivity index (χ4v) is 7.94. The molecule has 8 rings (SSSR count). The van der Waals surface area contributed by atoms with Crippen LogP contribution >= 0.6 is 0 Å². The summed E-state index contributed by atoms with van der Waals surface area (Å²) < 4.78 is 4.88. The molecule has 2 aromatic heterocycles. The van der Waals surface area contributed by atoms with Crippen LogP contribution in [0.15, 0.2) is 115 Å². The van der Waals surface area contributed by atoms with Crippen LogP contribution in [-0.4, -0.2) is 9.13 Å². The first kappa shape index (κ1) is 28.4. The van der Waals surface area contributed by atoms with Crippen LogP contribution in [0.2, 0.25) is 0 Å². The van der Waals surface area contributed by atoms with Gasteiger partial charge in [-0.1, -0.05) is 74.5 Å². The molecular weight excluding hydrogens is 556 g/mol. The second kappa shape index (κ2) is 10.8. The van der Waals surface area contributed by atoms with Gasteiger partial charge in [-0.05, 0) is 134 Å². The van der Waals surface area contributed by atoms with E-state index in [2.05, 4.69) is 166 Å². The van der Waals surface area contributed by atoms with Crippen molar-refractivity contribution in [3.05, 3.63) is 143 Å². The molecule has 8 aromatic rings. The summed E-state index contributed by atoms with van der Waals surface area (Å²) in [5, 5.41) is 5.23. The zero-order chi connectivity index (χ0) is 31.7. The van der Waals surface area contributed by atoms with Gasteiger partial charge in [0.2, 0.25) is 0 Å². The first-order valence-electron chi connectivity index (χ1n) is 16.6. The van der Waals surface area contributed by atoms with Crippen molar-refractivity contribution in [1.29, 1.82) is 0 Å². The molecule has 0 radical (unpaired) electrons. The normalized spacial score (nSPS) is 12.6. The molecule has 2 heterocycles. The van der Waals surface area contributed by atoms with Crippen LogP contribution in [0.4, 0.5) is 0 Å². The number of para-hydroxylation sites is 3. The molecule has 0 aliphatic rings. The lowest BCUT2D eigenvalue weighted by molar-refractivity contribution is 0.735. The van der Waals surface area contributed by atoms with Crippen molar-refractivity contribution in [2.24, 2.45) is 0 Å². The molecule has 0 N–H and O–H groups in total. The minimum atomic E-state index is 0.545. The van der Waals surface area contributed by atoms with Crippen molar-refractivity contribution < 1.29 is 0 Å². The zero-order valence-corrected chi connectivity index (χ0v) is 27.6.